The molecule has 0 amide bonds. The Morgan fingerprint density at radius 1 is 1.50 bits per heavy atom. The Kier molecular flexibility index (Phi) is 1.50. The van der Waals surface area contributed by atoms with Gasteiger partial charge in [0.1, 0.15) is 5.92 Å². The van der Waals surface area contributed by atoms with Crippen LogP contribution in [0.1, 0.15) is 33.6 Å². The van der Waals surface area contributed by atoms with E-state index in [-0.39, 0.29) is 0 Å². The van der Waals surface area contributed by atoms with Crippen molar-refractivity contribution in [2.75, 3.05) is 0 Å². The van der Waals surface area contributed by atoms with Gasteiger partial charge in [-0.1, -0.05) is 6.92 Å². The lowest BCUT2D eigenvalue weighted by Crippen LogP contribution is -1.88. The van der Waals surface area contributed by atoms with Crippen LogP contribution in [0.25, 0.3) is 0 Å². The minimum atomic E-state index is 1.000. The molecular formula is C8H15+. The van der Waals surface area contributed by atoms with Crippen molar-refractivity contribution in [2.24, 2.45) is 11.8 Å². The standard InChI is InChI=1S/C8H15/c1-4-7-5-8(7)6(2)3/h7-8H,4-5H2,1-3H3/q+1. The molecule has 0 aromatic rings. The Bertz CT molecular complexity index is 74.1. The third kappa shape index (κ3) is 0.988. The van der Waals surface area contributed by atoms with Gasteiger partial charge in [0, 0.05) is 5.92 Å². The van der Waals surface area contributed by atoms with Crippen LogP contribution in [0.5, 0.6) is 0 Å². The predicted molar refractivity (Wildman–Crippen MR) is 36.5 cm³/mol. The Labute approximate surface area is 52.3 Å². The van der Waals surface area contributed by atoms with Crippen molar-refractivity contribution in [2.45, 2.75) is 33.6 Å². The highest BCUT2D eigenvalue weighted by Crippen LogP contribution is 2.46. The van der Waals surface area contributed by atoms with Crippen LogP contribution >= 0.6 is 0 Å². The lowest BCUT2D eigenvalue weighted by molar-refractivity contribution is 0.690. The average molecular weight is 111 g/mol. The fourth-order valence-corrected chi connectivity index (χ4v) is 1.41. The van der Waals surface area contributed by atoms with Crippen molar-refractivity contribution < 1.29 is 0 Å². The molecule has 0 radical (unpaired) electrons. The van der Waals surface area contributed by atoms with Gasteiger partial charge in [-0.2, -0.15) is 0 Å². The van der Waals surface area contributed by atoms with Crippen molar-refractivity contribution >= 4 is 0 Å². The average Bonchev–Trinajstić information content (AvgIpc) is 2.42. The van der Waals surface area contributed by atoms with E-state index < -0.39 is 0 Å². The highest BCUT2D eigenvalue weighted by Gasteiger charge is 2.45. The third-order valence-corrected chi connectivity index (χ3v) is 2.19. The normalized spacial score (nSPS) is 34.9. The summed E-state index contributed by atoms with van der Waals surface area (Å²) in [5, 5.41) is 0. The predicted octanol–water partition coefficient (Wildman–Crippen LogP) is 2.65. The second-order valence-electron chi connectivity index (χ2n) is 3.09. The molecule has 1 aliphatic rings. The molecule has 0 saturated heterocycles. The zero-order valence-electron chi connectivity index (χ0n) is 6.07. The highest BCUT2D eigenvalue weighted by molar-refractivity contribution is 5.01. The van der Waals surface area contributed by atoms with E-state index in [1.807, 2.05) is 0 Å². The zero-order chi connectivity index (χ0) is 6.15. The van der Waals surface area contributed by atoms with Crippen molar-refractivity contribution in [3.8, 4) is 0 Å². The molecule has 2 unspecified atom stereocenters. The topological polar surface area (TPSA) is 0 Å². The van der Waals surface area contributed by atoms with Gasteiger partial charge >= 0.3 is 0 Å². The van der Waals surface area contributed by atoms with E-state index in [9.17, 15) is 0 Å². The Hall–Kier alpha value is -0.130. The van der Waals surface area contributed by atoms with Crippen molar-refractivity contribution in [1.29, 1.82) is 0 Å². The molecule has 0 spiro atoms. The molecule has 1 aliphatic carbocycles. The van der Waals surface area contributed by atoms with E-state index in [2.05, 4.69) is 20.8 Å². The maximum absolute atomic E-state index is 2.29. The third-order valence-electron chi connectivity index (χ3n) is 2.19. The van der Waals surface area contributed by atoms with Crippen LogP contribution in [0.15, 0.2) is 0 Å². The van der Waals surface area contributed by atoms with E-state index in [4.69, 9.17) is 0 Å². The van der Waals surface area contributed by atoms with Crippen molar-refractivity contribution in [1.82, 2.24) is 0 Å². The van der Waals surface area contributed by atoms with E-state index in [1.54, 1.807) is 5.92 Å². The molecule has 0 aliphatic heterocycles. The first-order valence-corrected chi connectivity index (χ1v) is 3.55. The molecule has 0 nitrogen and oxygen atoms in total. The Morgan fingerprint density at radius 3 is 2.25 bits per heavy atom. The summed E-state index contributed by atoms with van der Waals surface area (Å²) in [5.41, 5.74) is 0. The number of rotatable bonds is 2. The highest BCUT2D eigenvalue weighted by atomic mass is 14.4. The second kappa shape index (κ2) is 2.00. The quantitative estimate of drug-likeness (QED) is 0.480. The van der Waals surface area contributed by atoms with Gasteiger partial charge in [-0.05, 0) is 12.8 Å². The second-order valence-corrected chi connectivity index (χ2v) is 3.09. The van der Waals surface area contributed by atoms with Crippen LogP contribution in [-0.2, 0) is 0 Å². The summed E-state index contributed by atoms with van der Waals surface area (Å²) in [4.78, 5) is 0. The van der Waals surface area contributed by atoms with Crippen LogP contribution in [0.2, 0.25) is 0 Å². The summed E-state index contributed by atoms with van der Waals surface area (Å²) < 4.78 is 0. The number of hydrogen-bond donors (Lipinski definition) is 0. The van der Waals surface area contributed by atoms with Gasteiger partial charge in [-0.3, -0.25) is 0 Å². The van der Waals surface area contributed by atoms with E-state index in [0.29, 0.717) is 0 Å². The zero-order valence-corrected chi connectivity index (χ0v) is 6.07. The molecular weight excluding hydrogens is 96.1 g/mol. The molecule has 0 bridgehead atoms. The molecule has 1 rings (SSSR count). The molecule has 0 N–H and O–H groups in total. The summed E-state index contributed by atoms with van der Waals surface area (Å²) in [7, 11) is 0. The summed E-state index contributed by atoms with van der Waals surface area (Å²) >= 11 is 0. The SMILES string of the molecule is CCC1CC1[C+](C)C. The first-order chi connectivity index (χ1) is 3.75. The van der Waals surface area contributed by atoms with Crippen molar-refractivity contribution in [3.63, 3.8) is 0 Å². The molecule has 1 fully saturated rings. The smallest absolute Gasteiger partial charge is 0.0649 e. The molecule has 8 heavy (non-hydrogen) atoms. The monoisotopic (exact) mass is 111 g/mol. The lowest BCUT2D eigenvalue weighted by Gasteiger charge is -1.88. The van der Waals surface area contributed by atoms with Gasteiger partial charge in [0.15, 0.2) is 0 Å². The van der Waals surface area contributed by atoms with Gasteiger partial charge in [0.2, 0.25) is 0 Å². The fraction of sp³-hybridized carbons (Fsp3) is 0.875. The van der Waals surface area contributed by atoms with Gasteiger partial charge in [-0.15, -0.1) is 0 Å². The van der Waals surface area contributed by atoms with Gasteiger partial charge in [-0.25, -0.2) is 0 Å². The van der Waals surface area contributed by atoms with Crippen LogP contribution in [-0.4, -0.2) is 0 Å². The molecule has 0 aromatic carbocycles. The van der Waals surface area contributed by atoms with Gasteiger partial charge in [0.05, 0.1) is 19.8 Å². The maximum atomic E-state index is 2.29. The van der Waals surface area contributed by atoms with Gasteiger partial charge < -0.3 is 0 Å². The summed E-state index contributed by atoms with van der Waals surface area (Å²) in [6.45, 7) is 6.79. The Balaban J connectivity index is 2.16. The minimum absolute atomic E-state index is 1.000. The molecule has 1 saturated carbocycles. The van der Waals surface area contributed by atoms with Crippen LogP contribution in [0.3, 0.4) is 0 Å². The van der Waals surface area contributed by atoms with E-state index in [1.165, 1.54) is 12.8 Å². The van der Waals surface area contributed by atoms with Crippen LogP contribution < -0.4 is 0 Å². The van der Waals surface area contributed by atoms with Crippen LogP contribution in [0, 0.1) is 17.8 Å². The Morgan fingerprint density at radius 2 is 2.12 bits per heavy atom. The number of hydrogen-bond acceptors (Lipinski definition) is 0. The largest absolute Gasteiger partial charge is 0.103 e. The summed E-state index contributed by atoms with van der Waals surface area (Å²) in [6, 6.07) is 0. The first kappa shape index (κ1) is 6.00. The van der Waals surface area contributed by atoms with Crippen LogP contribution in [0.4, 0.5) is 0 Å². The van der Waals surface area contributed by atoms with E-state index in [0.717, 1.165) is 11.8 Å². The summed E-state index contributed by atoms with van der Waals surface area (Å²) in [5.74, 6) is 3.69. The van der Waals surface area contributed by atoms with Gasteiger partial charge in [0.25, 0.3) is 0 Å². The minimum Gasteiger partial charge on any atom is -0.0649 e. The molecule has 0 heteroatoms. The fourth-order valence-electron chi connectivity index (χ4n) is 1.41. The van der Waals surface area contributed by atoms with E-state index >= 15 is 0 Å². The van der Waals surface area contributed by atoms with Crippen molar-refractivity contribution in [3.05, 3.63) is 5.92 Å². The molecule has 0 aromatic heterocycles. The molecule has 46 valence electrons. The lowest BCUT2D eigenvalue weighted by atomic mass is 10.1. The summed E-state index contributed by atoms with van der Waals surface area (Å²) in [6.07, 6.45) is 2.86. The first-order valence-electron chi connectivity index (χ1n) is 3.55. The molecule has 2 atom stereocenters. The maximum Gasteiger partial charge on any atom is 0.103 e. The molecule has 0 heterocycles.